The Hall–Kier alpha value is -1.07. The lowest BCUT2D eigenvalue weighted by molar-refractivity contribution is 0.174. The third kappa shape index (κ3) is 3.09. The maximum Gasteiger partial charge on any atom is 0.152 e. The maximum absolute atomic E-state index is 11.6. The minimum absolute atomic E-state index is 0.00945. The zero-order valence-corrected chi connectivity index (χ0v) is 12.2. The van der Waals surface area contributed by atoms with E-state index in [4.69, 9.17) is 0 Å². The maximum atomic E-state index is 11.6. The zero-order valence-electron chi connectivity index (χ0n) is 11.4. The van der Waals surface area contributed by atoms with Crippen molar-refractivity contribution in [1.29, 1.82) is 0 Å². The lowest BCUT2D eigenvalue weighted by Crippen LogP contribution is -2.33. The van der Waals surface area contributed by atoms with Crippen molar-refractivity contribution in [3.8, 4) is 0 Å². The van der Waals surface area contributed by atoms with E-state index in [0.717, 1.165) is 11.3 Å². The van der Waals surface area contributed by atoms with Gasteiger partial charge in [-0.3, -0.25) is 0 Å². The van der Waals surface area contributed by atoms with E-state index >= 15 is 0 Å². The molecular formula is C14H21NO3S. The van der Waals surface area contributed by atoms with Gasteiger partial charge >= 0.3 is 0 Å². The molecule has 0 aliphatic carbocycles. The summed E-state index contributed by atoms with van der Waals surface area (Å²) in [6, 6.07) is 7.68. The van der Waals surface area contributed by atoms with Gasteiger partial charge in [-0.15, -0.1) is 0 Å². The van der Waals surface area contributed by atoms with Gasteiger partial charge in [0.2, 0.25) is 0 Å². The fraction of sp³-hybridized carbons (Fsp3) is 0.571. The van der Waals surface area contributed by atoms with E-state index in [2.05, 4.69) is 0 Å². The van der Waals surface area contributed by atoms with Crippen LogP contribution < -0.4 is 4.90 Å². The van der Waals surface area contributed by atoms with E-state index in [1.807, 2.05) is 43.1 Å². The molecule has 5 heteroatoms. The fourth-order valence-corrected chi connectivity index (χ4v) is 4.36. The van der Waals surface area contributed by atoms with Crippen molar-refractivity contribution < 1.29 is 13.5 Å². The number of hydrogen-bond acceptors (Lipinski definition) is 4. The third-order valence-electron chi connectivity index (χ3n) is 3.82. The number of benzene rings is 1. The Kier molecular flexibility index (Phi) is 4.16. The largest absolute Gasteiger partial charge is 0.388 e. The Bertz CT molecular complexity index is 541. The molecule has 0 radical (unpaired) electrons. The van der Waals surface area contributed by atoms with E-state index in [1.165, 1.54) is 0 Å². The average molecular weight is 283 g/mol. The van der Waals surface area contributed by atoms with Gasteiger partial charge in [0.1, 0.15) is 0 Å². The van der Waals surface area contributed by atoms with Gasteiger partial charge in [0.25, 0.3) is 0 Å². The lowest BCUT2D eigenvalue weighted by Gasteiger charge is -2.29. The number of aliphatic hydroxyl groups excluding tert-OH is 1. The molecule has 1 aliphatic heterocycles. The SMILES string of the molecule is CCC(O)c1ccccc1N(C)C1CCS(=O)(=O)C1. The first-order valence-electron chi connectivity index (χ1n) is 6.65. The Morgan fingerprint density at radius 2 is 2.11 bits per heavy atom. The molecule has 19 heavy (non-hydrogen) atoms. The number of anilines is 1. The molecule has 2 atom stereocenters. The minimum Gasteiger partial charge on any atom is -0.388 e. The third-order valence-corrected chi connectivity index (χ3v) is 5.57. The van der Waals surface area contributed by atoms with Gasteiger partial charge in [-0.05, 0) is 18.9 Å². The molecule has 1 fully saturated rings. The summed E-state index contributed by atoms with van der Waals surface area (Å²) in [5.74, 6) is 0.473. The van der Waals surface area contributed by atoms with Crippen LogP contribution in [0.2, 0.25) is 0 Å². The molecule has 2 unspecified atom stereocenters. The standard InChI is InChI=1S/C14H21NO3S/c1-3-14(16)12-6-4-5-7-13(12)15(2)11-8-9-19(17,18)10-11/h4-7,11,14,16H,3,8-10H2,1-2H3. The second-order valence-corrected chi connectivity index (χ2v) is 7.38. The monoisotopic (exact) mass is 283 g/mol. The first-order valence-corrected chi connectivity index (χ1v) is 8.47. The Balaban J connectivity index is 2.27. The van der Waals surface area contributed by atoms with Crippen LogP contribution in [0.25, 0.3) is 0 Å². The topological polar surface area (TPSA) is 57.6 Å². The summed E-state index contributed by atoms with van der Waals surface area (Å²) in [4.78, 5) is 2.00. The van der Waals surface area contributed by atoms with E-state index < -0.39 is 15.9 Å². The highest BCUT2D eigenvalue weighted by Crippen LogP contribution is 2.30. The minimum atomic E-state index is -2.89. The smallest absolute Gasteiger partial charge is 0.152 e. The predicted molar refractivity (Wildman–Crippen MR) is 77.2 cm³/mol. The summed E-state index contributed by atoms with van der Waals surface area (Å²) in [6.45, 7) is 1.93. The Labute approximate surface area is 115 Å². The van der Waals surface area contributed by atoms with Gasteiger partial charge < -0.3 is 10.0 Å². The highest BCUT2D eigenvalue weighted by molar-refractivity contribution is 7.91. The van der Waals surface area contributed by atoms with Crippen LogP contribution in [-0.4, -0.2) is 38.1 Å². The van der Waals surface area contributed by atoms with Gasteiger partial charge in [-0.1, -0.05) is 25.1 Å². The average Bonchev–Trinajstić information content (AvgIpc) is 2.77. The van der Waals surface area contributed by atoms with Crippen molar-refractivity contribution in [2.45, 2.75) is 31.9 Å². The number of para-hydroxylation sites is 1. The van der Waals surface area contributed by atoms with Gasteiger partial charge in [0, 0.05) is 24.3 Å². The number of sulfone groups is 1. The Morgan fingerprint density at radius 3 is 2.68 bits per heavy atom. The molecule has 1 heterocycles. The Morgan fingerprint density at radius 1 is 1.42 bits per heavy atom. The molecule has 1 aromatic rings. The second kappa shape index (κ2) is 5.51. The van der Waals surface area contributed by atoms with Crippen molar-refractivity contribution in [2.75, 3.05) is 23.5 Å². The number of rotatable bonds is 4. The normalized spacial score (nSPS) is 23.2. The summed E-state index contributed by atoms with van der Waals surface area (Å²) in [5.41, 5.74) is 1.80. The zero-order chi connectivity index (χ0) is 14.0. The highest BCUT2D eigenvalue weighted by Gasteiger charge is 2.31. The molecule has 2 rings (SSSR count). The first-order chi connectivity index (χ1) is 8.94. The van der Waals surface area contributed by atoms with Crippen LogP contribution in [0, 0.1) is 0 Å². The van der Waals surface area contributed by atoms with Crippen molar-refractivity contribution in [2.24, 2.45) is 0 Å². The highest BCUT2D eigenvalue weighted by atomic mass is 32.2. The van der Waals surface area contributed by atoms with Crippen LogP contribution in [0.5, 0.6) is 0 Å². The number of aliphatic hydroxyl groups is 1. The fourth-order valence-electron chi connectivity index (χ4n) is 2.59. The molecule has 1 saturated heterocycles. The first kappa shape index (κ1) is 14.3. The van der Waals surface area contributed by atoms with E-state index in [9.17, 15) is 13.5 Å². The molecule has 0 aromatic heterocycles. The molecule has 1 aromatic carbocycles. The number of nitrogens with zero attached hydrogens (tertiary/aromatic N) is 1. The summed E-state index contributed by atoms with van der Waals surface area (Å²) < 4.78 is 23.2. The van der Waals surface area contributed by atoms with E-state index in [1.54, 1.807) is 0 Å². The van der Waals surface area contributed by atoms with Crippen molar-refractivity contribution in [3.63, 3.8) is 0 Å². The van der Waals surface area contributed by atoms with Crippen LogP contribution in [0.3, 0.4) is 0 Å². The molecular weight excluding hydrogens is 262 g/mol. The number of hydrogen-bond donors (Lipinski definition) is 1. The molecule has 0 bridgehead atoms. The van der Waals surface area contributed by atoms with Crippen molar-refractivity contribution in [3.05, 3.63) is 29.8 Å². The van der Waals surface area contributed by atoms with Gasteiger partial charge in [0.05, 0.1) is 17.6 Å². The molecule has 0 saturated carbocycles. The molecule has 106 valence electrons. The van der Waals surface area contributed by atoms with E-state index in [0.29, 0.717) is 12.8 Å². The van der Waals surface area contributed by atoms with Gasteiger partial charge in [-0.25, -0.2) is 8.42 Å². The van der Waals surface area contributed by atoms with Crippen LogP contribution in [0.15, 0.2) is 24.3 Å². The lowest BCUT2D eigenvalue weighted by atomic mass is 10.0. The van der Waals surface area contributed by atoms with Crippen LogP contribution in [-0.2, 0) is 9.84 Å². The summed E-state index contributed by atoms with van der Waals surface area (Å²) in [6.07, 6.45) is 0.806. The molecule has 4 nitrogen and oxygen atoms in total. The van der Waals surface area contributed by atoms with Gasteiger partial charge in [-0.2, -0.15) is 0 Å². The van der Waals surface area contributed by atoms with E-state index in [-0.39, 0.29) is 17.5 Å². The second-order valence-electron chi connectivity index (χ2n) is 5.15. The molecule has 1 N–H and O–H groups in total. The van der Waals surface area contributed by atoms with Gasteiger partial charge in [0.15, 0.2) is 9.84 Å². The van der Waals surface area contributed by atoms with Crippen LogP contribution in [0.4, 0.5) is 5.69 Å². The molecule has 1 aliphatic rings. The summed E-state index contributed by atoms with van der Waals surface area (Å²) in [7, 11) is -0.982. The van der Waals surface area contributed by atoms with Crippen LogP contribution in [0.1, 0.15) is 31.4 Å². The molecule has 0 spiro atoms. The summed E-state index contributed by atoms with van der Waals surface area (Å²) in [5, 5.41) is 10.1. The van der Waals surface area contributed by atoms with Crippen molar-refractivity contribution >= 4 is 15.5 Å². The quantitative estimate of drug-likeness (QED) is 0.914. The summed E-state index contributed by atoms with van der Waals surface area (Å²) >= 11 is 0. The predicted octanol–water partition coefficient (Wildman–Crippen LogP) is 1.75. The van der Waals surface area contributed by atoms with Crippen molar-refractivity contribution in [1.82, 2.24) is 0 Å². The molecule has 0 amide bonds. The van der Waals surface area contributed by atoms with Crippen LogP contribution >= 0.6 is 0 Å².